The van der Waals surface area contributed by atoms with Crippen molar-refractivity contribution >= 4 is 62.3 Å². The van der Waals surface area contributed by atoms with Crippen molar-refractivity contribution in [2.75, 3.05) is 13.7 Å². The Morgan fingerprint density at radius 1 is 1.20 bits per heavy atom. The zero-order chi connectivity index (χ0) is 18.0. The average Bonchev–Trinajstić information content (AvgIpc) is 2.90. The van der Waals surface area contributed by atoms with Crippen LogP contribution in [0.2, 0.25) is 15.1 Å². The lowest BCUT2D eigenvalue weighted by Gasteiger charge is -2.06. The fourth-order valence-electron chi connectivity index (χ4n) is 2.38. The Morgan fingerprint density at radius 2 is 2.00 bits per heavy atom. The van der Waals surface area contributed by atoms with E-state index in [1.165, 1.54) is 11.3 Å². The number of nitrogens with zero attached hydrogens (tertiary/aromatic N) is 2. The van der Waals surface area contributed by atoms with E-state index < -0.39 is 0 Å². The highest BCUT2D eigenvalue weighted by molar-refractivity contribution is 7.16. The van der Waals surface area contributed by atoms with Crippen LogP contribution in [-0.4, -0.2) is 24.2 Å². The molecule has 0 saturated heterocycles. The number of aromatic nitrogens is 1. The molecule has 4 nitrogen and oxygen atoms in total. The van der Waals surface area contributed by atoms with Crippen molar-refractivity contribution in [2.24, 2.45) is 4.99 Å². The van der Waals surface area contributed by atoms with Gasteiger partial charge in [0, 0.05) is 29.3 Å². The minimum atomic E-state index is -0.373. The van der Waals surface area contributed by atoms with E-state index in [-0.39, 0.29) is 5.91 Å². The molecule has 1 amide bonds. The maximum Gasteiger partial charge on any atom is 0.279 e. The lowest BCUT2D eigenvalue weighted by atomic mass is 10.2. The van der Waals surface area contributed by atoms with E-state index in [2.05, 4.69) is 4.99 Å². The third kappa shape index (κ3) is 4.07. The van der Waals surface area contributed by atoms with E-state index in [0.717, 1.165) is 10.2 Å². The Hall–Kier alpha value is -1.37. The number of methoxy groups -OCH3 is 1. The van der Waals surface area contributed by atoms with Gasteiger partial charge in [-0.3, -0.25) is 4.79 Å². The van der Waals surface area contributed by atoms with Crippen LogP contribution in [0.4, 0.5) is 0 Å². The Kier molecular flexibility index (Phi) is 5.81. The molecule has 3 rings (SSSR count). The van der Waals surface area contributed by atoms with Crippen molar-refractivity contribution in [3.05, 3.63) is 61.8 Å². The number of hydrogen-bond acceptors (Lipinski definition) is 3. The monoisotopic (exact) mass is 414 g/mol. The summed E-state index contributed by atoms with van der Waals surface area (Å²) >= 11 is 19.7. The van der Waals surface area contributed by atoms with Gasteiger partial charge in [-0.1, -0.05) is 52.2 Å². The van der Waals surface area contributed by atoms with E-state index in [1.54, 1.807) is 43.5 Å². The van der Waals surface area contributed by atoms with Gasteiger partial charge in [-0.25, -0.2) is 0 Å². The summed E-state index contributed by atoms with van der Waals surface area (Å²) in [5.41, 5.74) is 1.21. The number of hydrogen-bond donors (Lipinski definition) is 0. The molecule has 0 unspecified atom stereocenters. The van der Waals surface area contributed by atoms with E-state index in [0.29, 0.717) is 38.6 Å². The summed E-state index contributed by atoms with van der Waals surface area (Å²) in [6, 6.07) is 10.2. The molecule has 25 heavy (non-hydrogen) atoms. The van der Waals surface area contributed by atoms with Crippen molar-refractivity contribution in [3.63, 3.8) is 0 Å². The molecule has 0 saturated carbocycles. The molecule has 130 valence electrons. The summed E-state index contributed by atoms with van der Waals surface area (Å²) < 4.78 is 7.88. The van der Waals surface area contributed by atoms with Gasteiger partial charge in [-0.15, -0.1) is 0 Å². The summed E-state index contributed by atoms with van der Waals surface area (Å²) in [5.74, 6) is -0.373. The van der Waals surface area contributed by atoms with Gasteiger partial charge in [0.2, 0.25) is 0 Å². The molecule has 0 aliphatic heterocycles. The first-order valence-corrected chi connectivity index (χ1v) is 9.26. The van der Waals surface area contributed by atoms with Crippen molar-refractivity contribution in [1.29, 1.82) is 0 Å². The van der Waals surface area contributed by atoms with E-state index in [1.807, 2.05) is 4.57 Å². The second-order valence-corrected chi connectivity index (χ2v) is 7.48. The summed E-state index contributed by atoms with van der Waals surface area (Å²) in [6.07, 6.45) is 0. The van der Waals surface area contributed by atoms with Crippen molar-refractivity contribution in [3.8, 4) is 0 Å². The molecular formula is C17H13Cl3N2O2S. The normalized spacial score (nSPS) is 12.1. The van der Waals surface area contributed by atoms with Gasteiger partial charge in [-0.2, -0.15) is 4.99 Å². The summed E-state index contributed by atoms with van der Waals surface area (Å²) in [4.78, 5) is 17.3. The summed E-state index contributed by atoms with van der Waals surface area (Å²) in [7, 11) is 1.61. The highest BCUT2D eigenvalue weighted by Gasteiger charge is 2.13. The van der Waals surface area contributed by atoms with Crippen molar-refractivity contribution in [1.82, 2.24) is 4.57 Å². The first-order valence-electron chi connectivity index (χ1n) is 7.31. The Labute approximate surface area is 163 Å². The first-order chi connectivity index (χ1) is 12.0. The molecule has 0 aliphatic rings. The van der Waals surface area contributed by atoms with Gasteiger partial charge in [0.05, 0.1) is 21.8 Å². The Bertz CT molecular complexity index is 1010. The van der Waals surface area contributed by atoms with Crippen LogP contribution in [0.25, 0.3) is 10.2 Å². The highest BCUT2D eigenvalue weighted by Crippen LogP contribution is 2.29. The fraction of sp³-hybridized carbons (Fsp3) is 0.176. The predicted octanol–water partition coefficient (Wildman–Crippen LogP) is 5.05. The molecule has 2 aromatic carbocycles. The lowest BCUT2D eigenvalue weighted by molar-refractivity contribution is 0.0997. The minimum Gasteiger partial charge on any atom is -0.383 e. The largest absolute Gasteiger partial charge is 0.383 e. The topological polar surface area (TPSA) is 43.6 Å². The van der Waals surface area contributed by atoms with Gasteiger partial charge >= 0.3 is 0 Å². The Morgan fingerprint density at radius 3 is 2.72 bits per heavy atom. The zero-order valence-electron chi connectivity index (χ0n) is 13.1. The third-order valence-corrected chi connectivity index (χ3v) is 5.25. The SMILES string of the molecule is COCCn1c(=NC(=O)c2cccc(Cl)c2)sc2cc(Cl)cc(Cl)c21. The number of rotatable bonds is 4. The molecule has 0 spiro atoms. The van der Waals surface area contributed by atoms with Crippen LogP contribution >= 0.6 is 46.1 Å². The lowest BCUT2D eigenvalue weighted by Crippen LogP contribution is -2.19. The summed E-state index contributed by atoms with van der Waals surface area (Å²) in [6.45, 7) is 0.975. The van der Waals surface area contributed by atoms with Crippen LogP contribution in [0.5, 0.6) is 0 Å². The van der Waals surface area contributed by atoms with Crippen LogP contribution in [0.15, 0.2) is 41.4 Å². The molecule has 0 fully saturated rings. The molecule has 1 heterocycles. The minimum absolute atomic E-state index is 0.373. The average molecular weight is 416 g/mol. The number of carbonyl (C=O) groups is 1. The van der Waals surface area contributed by atoms with Crippen LogP contribution in [0, 0.1) is 0 Å². The van der Waals surface area contributed by atoms with E-state index in [4.69, 9.17) is 39.5 Å². The van der Waals surface area contributed by atoms with Crippen molar-refractivity contribution in [2.45, 2.75) is 6.54 Å². The zero-order valence-corrected chi connectivity index (χ0v) is 16.2. The van der Waals surface area contributed by atoms with Gasteiger partial charge in [-0.05, 0) is 30.3 Å². The number of halogens is 3. The van der Waals surface area contributed by atoms with Gasteiger partial charge in [0.25, 0.3) is 5.91 Å². The van der Waals surface area contributed by atoms with Crippen LogP contribution < -0.4 is 4.80 Å². The van der Waals surface area contributed by atoms with Crippen LogP contribution in [-0.2, 0) is 11.3 Å². The molecular weight excluding hydrogens is 403 g/mol. The molecule has 0 atom stereocenters. The quantitative estimate of drug-likeness (QED) is 0.598. The second-order valence-electron chi connectivity index (χ2n) is 5.19. The molecule has 0 N–H and O–H groups in total. The van der Waals surface area contributed by atoms with Gasteiger partial charge in [0.1, 0.15) is 0 Å². The van der Waals surface area contributed by atoms with Gasteiger partial charge < -0.3 is 9.30 Å². The number of ether oxygens (including phenoxy) is 1. The third-order valence-electron chi connectivity index (χ3n) is 3.48. The molecule has 0 aliphatic carbocycles. The predicted molar refractivity (Wildman–Crippen MR) is 103 cm³/mol. The summed E-state index contributed by atoms with van der Waals surface area (Å²) in [5, 5.41) is 1.52. The maximum absolute atomic E-state index is 12.5. The van der Waals surface area contributed by atoms with Crippen LogP contribution in [0.1, 0.15) is 10.4 Å². The first kappa shape index (κ1) is 18.4. The Balaban J connectivity index is 2.17. The number of carbonyl (C=O) groups excluding carboxylic acids is 1. The molecule has 0 bridgehead atoms. The number of fused-ring (bicyclic) bond motifs is 1. The number of thiazole rings is 1. The van der Waals surface area contributed by atoms with E-state index >= 15 is 0 Å². The molecule has 8 heteroatoms. The van der Waals surface area contributed by atoms with Crippen LogP contribution in [0.3, 0.4) is 0 Å². The van der Waals surface area contributed by atoms with Gasteiger partial charge in [0.15, 0.2) is 4.80 Å². The standard InChI is InChI=1S/C17H13Cl3N2O2S/c1-24-6-5-22-15-13(20)8-12(19)9-14(15)25-17(22)21-16(23)10-3-2-4-11(18)7-10/h2-4,7-9H,5-6H2,1H3. The molecule has 0 radical (unpaired) electrons. The number of amides is 1. The maximum atomic E-state index is 12.5. The second kappa shape index (κ2) is 7.89. The molecule has 3 aromatic rings. The van der Waals surface area contributed by atoms with E-state index in [9.17, 15) is 4.79 Å². The van der Waals surface area contributed by atoms with Crippen molar-refractivity contribution < 1.29 is 9.53 Å². The fourth-order valence-corrected chi connectivity index (χ4v) is 4.40. The highest BCUT2D eigenvalue weighted by atomic mass is 35.5. The smallest absolute Gasteiger partial charge is 0.279 e. The number of benzene rings is 2. The molecule has 1 aromatic heterocycles.